The van der Waals surface area contributed by atoms with Gasteiger partial charge in [0, 0.05) is 39.1 Å². The van der Waals surface area contributed by atoms with Crippen LogP contribution in [0.3, 0.4) is 0 Å². The van der Waals surface area contributed by atoms with Gasteiger partial charge in [-0.15, -0.1) is 0 Å². The van der Waals surface area contributed by atoms with Crippen molar-refractivity contribution in [3.8, 4) is 0 Å². The molecule has 0 saturated carbocycles. The molecule has 2 aliphatic heterocycles. The van der Waals surface area contributed by atoms with Crippen LogP contribution in [0, 0.1) is 5.92 Å². The maximum atomic E-state index is 12.3. The molecule has 0 N–H and O–H groups in total. The quantitative estimate of drug-likeness (QED) is 0.814. The molecular formula is C22H29N3O2. The van der Waals surface area contributed by atoms with E-state index >= 15 is 0 Å². The second-order valence-electron chi connectivity index (χ2n) is 8.24. The van der Waals surface area contributed by atoms with Gasteiger partial charge >= 0.3 is 0 Å². The number of hydrogen-bond acceptors (Lipinski definition) is 4. The number of amides is 1. The Kier molecular flexibility index (Phi) is 5.06. The highest BCUT2D eigenvalue weighted by molar-refractivity contribution is 5.77. The standard InChI is InChI=1S/C22H29N3O2/c1-23(2)21(26)16-25-14-19-13-24(15-20-9-6-12-27-20)11-10-22(19,17-25)18-7-4-3-5-8-18/h3-9,12,19H,10-11,13-17H2,1-2H3. The molecule has 2 saturated heterocycles. The van der Waals surface area contributed by atoms with Gasteiger partial charge in [-0.25, -0.2) is 0 Å². The van der Waals surface area contributed by atoms with Gasteiger partial charge < -0.3 is 9.32 Å². The number of carbonyl (C=O) groups excluding carboxylic acids is 1. The highest BCUT2D eigenvalue weighted by Gasteiger charge is 2.50. The van der Waals surface area contributed by atoms with Crippen LogP contribution in [0.4, 0.5) is 0 Å². The summed E-state index contributed by atoms with van der Waals surface area (Å²) in [7, 11) is 3.67. The van der Waals surface area contributed by atoms with Gasteiger partial charge in [0.1, 0.15) is 5.76 Å². The van der Waals surface area contributed by atoms with E-state index in [4.69, 9.17) is 4.42 Å². The van der Waals surface area contributed by atoms with Gasteiger partial charge in [0.05, 0.1) is 19.4 Å². The largest absolute Gasteiger partial charge is 0.468 e. The molecule has 2 atom stereocenters. The number of carbonyl (C=O) groups is 1. The number of fused-ring (bicyclic) bond motifs is 1. The first-order valence-electron chi connectivity index (χ1n) is 9.79. The van der Waals surface area contributed by atoms with Crippen LogP contribution in [0.15, 0.2) is 53.1 Å². The average Bonchev–Trinajstić information content (AvgIpc) is 3.30. The van der Waals surface area contributed by atoms with Gasteiger partial charge in [-0.3, -0.25) is 14.6 Å². The van der Waals surface area contributed by atoms with E-state index in [1.165, 1.54) is 5.56 Å². The SMILES string of the molecule is CN(C)C(=O)CN1CC2CN(Cc3ccco3)CCC2(c2ccccc2)C1. The predicted octanol–water partition coefficient (Wildman–Crippen LogP) is 2.44. The molecule has 1 aromatic carbocycles. The molecule has 144 valence electrons. The molecule has 2 aromatic rings. The number of nitrogens with zero attached hydrogens (tertiary/aromatic N) is 3. The first-order chi connectivity index (χ1) is 13.1. The predicted molar refractivity (Wildman–Crippen MR) is 105 cm³/mol. The summed E-state index contributed by atoms with van der Waals surface area (Å²) in [5.41, 5.74) is 1.57. The number of likely N-dealkylation sites (tertiary alicyclic amines) is 2. The molecule has 1 amide bonds. The van der Waals surface area contributed by atoms with E-state index in [-0.39, 0.29) is 11.3 Å². The second kappa shape index (κ2) is 7.49. The normalized spacial score (nSPS) is 26.1. The molecule has 0 bridgehead atoms. The van der Waals surface area contributed by atoms with Crippen molar-refractivity contribution in [3.63, 3.8) is 0 Å². The molecule has 2 fully saturated rings. The van der Waals surface area contributed by atoms with Crippen molar-refractivity contribution in [1.29, 1.82) is 0 Å². The van der Waals surface area contributed by atoms with Crippen LogP contribution in [-0.2, 0) is 16.8 Å². The van der Waals surface area contributed by atoms with Crippen LogP contribution in [0.2, 0.25) is 0 Å². The van der Waals surface area contributed by atoms with Crippen molar-refractivity contribution >= 4 is 5.91 Å². The van der Waals surface area contributed by atoms with Crippen LogP contribution in [0.25, 0.3) is 0 Å². The van der Waals surface area contributed by atoms with Crippen molar-refractivity contribution in [2.24, 2.45) is 5.92 Å². The molecule has 0 radical (unpaired) electrons. The molecule has 2 aliphatic rings. The molecule has 2 unspecified atom stereocenters. The van der Waals surface area contributed by atoms with Crippen LogP contribution >= 0.6 is 0 Å². The number of rotatable bonds is 5. The minimum Gasteiger partial charge on any atom is -0.468 e. The highest BCUT2D eigenvalue weighted by Crippen LogP contribution is 2.45. The summed E-state index contributed by atoms with van der Waals surface area (Å²) in [4.78, 5) is 18.8. The number of furan rings is 1. The number of likely N-dealkylation sites (N-methyl/N-ethyl adjacent to an activating group) is 1. The monoisotopic (exact) mass is 367 g/mol. The first-order valence-corrected chi connectivity index (χ1v) is 9.79. The lowest BCUT2D eigenvalue weighted by Gasteiger charge is -2.44. The van der Waals surface area contributed by atoms with E-state index in [0.29, 0.717) is 12.5 Å². The van der Waals surface area contributed by atoms with Crippen molar-refractivity contribution in [3.05, 3.63) is 60.1 Å². The molecular weight excluding hydrogens is 338 g/mol. The smallest absolute Gasteiger partial charge is 0.236 e. The number of piperidine rings is 1. The van der Waals surface area contributed by atoms with Gasteiger partial charge in [0.2, 0.25) is 5.91 Å². The number of benzene rings is 1. The number of hydrogen-bond donors (Lipinski definition) is 0. The summed E-state index contributed by atoms with van der Waals surface area (Å²) < 4.78 is 5.56. The van der Waals surface area contributed by atoms with Crippen molar-refractivity contribution < 1.29 is 9.21 Å². The maximum Gasteiger partial charge on any atom is 0.236 e. The van der Waals surface area contributed by atoms with Gasteiger partial charge in [-0.1, -0.05) is 30.3 Å². The molecule has 27 heavy (non-hydrogen) atoms. The van der Waals surface area contributed by atoms with Crippen LogP contribution in [0.1, 0.15) is 17.7 Å². The lowest BCUT2D eigenvalue weighted by molar-refractivity contribution is -0.129. The van der Waals surface area contributed by atoms with Gasteiger partial charge in [-0.2, -0.15) is 0 Å². The lowest BCUT2D eigenvalue weighted by Crippen LogP contribution is -2.49. The van der Waals surface area contributed by atoms with Gasteiger partial charge in [0.15, 0.2) is 0 Å². The minimum atomic E-state index is 0.146. The molecule has 0 spiro atoms. The Balaban J connectivity index is 1.54. The third kappa shape index (κ3) is 3.66. The Morgan fingerprint density at radius 3 is 2.63 bits per heavy atom. The lowest BCUT2D eigenvalue weighted by atomic mass is 9.68. The van der Waals surface area contributed by atoms with Crippen LogP contribution in [0.5, 0.6) is 0 Å². The fraction of sp³-hybridized carbons (Fsp3) is 0.500. The Labute approximate surface area is 161 Å². The Morgan fingerprint density at radius 2 is 1.93 bits per heavy atom. The van der Waals surface area contributed by atoms with Crippen molar-refractivity contribution in [2.45, 2.75) is 18.4 Å². The van der Waals surface area contributed by atoms with Gasteiger partial charge in [-0.05, 0) is 36.6 Å². The van der Waals surface area contributed by atoms with E-state index in [0.717, 1.165) is 44.9 Å². The maximum absolute atomic E-state index is 12.3. The van der Waals surface area contributed by atoms with Crippen LogP contribution in [-0.4, -0.2) is 67.4 Å². The summed E-state index contributed by atoms with van der Waals surface area (Å²) in [6.07, 6.45) is 2.87. The summed E-state index contributed by atoms with van der Waals surface area (Å²) in [5.74, 6) is 1.74. The molecule has 5 nitrogen and oxygen atoms in total. The molecule has 3 heterocycles. The molecule has 5 heteroatoms. The molecule has 4 rings (SSSR count). The first kappa shape index (κ1) is 18.3. The third-order valence-electron chi connectivity index (χ3n) is 6.28. The zero-order chi connectivity index (χ0) is 18.9. The second-order valence-corrected chi connectivity index (χ2v) is 8.24. The summed E-state index contributed by atoms with van der Waals surface area (Å²) >= 11 is 0. The molecule has 0 aliphatic carbocycles. The topological polar surface area (TPSA) is 39.9 Å². The van der Waals surface area contributed by atoms with Crippen molar-refractivity contribution in [2.75, 3.05) is 46.8 Å². The summed E-state index contributed by atoms with van der Waals surface area (Å²) in [5, 5.41) is 0. The fourth-order valence-corrected chi connectivity index (χ4v) is 4.82. The van der Waals surface area contributed by atoms with E-state index in [1.807, 2.05) is 20.2 Å². The Bertz CT molecular complexity index is 759. The van der Waals surface area contributed by atoms with Crippen LogP contribution < -0.4 is 0 Å². The summed E-state index contributed by atoms with van der Waals surface area (Å²) in [6, 6.07) is 14.9. The minimum absolute atomic E-state index is 0.146. The Hall–Kier alpha value is -2.11. The third-order valence-corrected chi connectivity index (χ3v) is 6.28. The zero-order valence-electron chi connectivity index (χ0n) is 16.3. The average molecular weight is 367 g/mol. The highest BCUT2D eigenvalue weighted by atomic mass is 16.3. The zero-order valence-corrected chi connectivity index (χ0v) is 16.3. The molecule has 1 aromatic heterocycles. The fourth-order valence-electron chi connectivity index (χ4n) is 4.82. The van der Waals surface area contributed by atoms with Gasteiger partial charge in [0.25, 0.3) is 0 Å². The Morgan fingerprint density at radius 1 is 1.15 bits per heavy atom. The van der Waals surface area contributed by atoms with E-state index in [2.05, 4.69) is 46.2 Å². The van der Waals surface area contributed by atoms with E-state index in [9.17, 15) is 4.79 Å². The van der Waals surface area contributed by atoms with E-state index in [1.54, 1.807) is 11.2 Å². The van der Waals surface area contributed by atoms with E-state index < -0.39 is 0 Å². The summed E-state index contributed by atoms with van der Waals surface area (Å²) in [6.45, 7) is 5.42. The van der Waals surface area contributed by atoms with Crippen molar-refractivity contribution in [1.82, 2.24) is 14.7 Å².